The van der Waals surface area contributed by atoms with Gasteiger partial charge in [-0.15, -0.1) is 0 Å². The summed E-state index contributed by atoms with van der Waals surface area (Å²) in [6.45, 7) is 2.44. The van der Waals surface area contributed by atoms with Crippen molar-refractivity contribution in [3.8, 4) is 45.8 Å². The highest BCUT2D eigenvalue weighted by molar-refractivity contribution is 5.92. The number of ether oxygens (including phenoxy) is 4. The molecule has 0 spiro atoms. The molecule has 0 aliphatic carbocycles. The third kappa shape index (κ3) is 4.39. The lowest BCUT2D eigenvalue weighted by Gasteiger charge is -2.16. The number of aromatic hydroxyl groups is 2. The lowest BCUT2D eigenvalue weighted by atomic mass is 10.1. The Hall–Kier alpha value is -3.55. The minimum atomic E-state index is -0.442. The van der Waals surface area contributed by atoms with E-state index in [1.54, 1.807) is 0 Å². The van der Waals surface area contributed by atoms with Gasteiger partial charge in [0.05, 0.1) is 27.9 Å². The molecule has 0 amide bonds. The number of fused-ring (bicyclic) bond motifs is 1. The molecule has 1 aromatic heterocycles. The minimum absolute atomic E-state index is 0.00962. The SMILES string of the molecule is CCCCCCOc1c(-c2ccc(O)c(O)c2)oc2cc(OC)c(OC)c(OC)c2c1=O. The topological polar surface area (TPSA) is 108 Å². The molecule has 8 nitrogen and oxygen atoms in total. The molecule has 0 aliphatic rings. The lowest BCUT2D eigenvalue weighted by Crippen LogP contribution is -2.12. The number of phenolic OH excluding ortho intramolecular Hbond substituents is 2. The van der Waals surface area contributed by atoms with E-state index in [4.69, 9.17) is 23.4 Å². The first-order chi connectivity index (χ1) is 15.5. The van der Waals surface area contributed by atoms with E-state index < -0.39 is 5.43 Å². The van der Waals surface area contributed by atoms with Crippen LogP contribution in [0.15, 0.2) is 33.5 Å². The smallest absolute Gasteiger partial charge is 0.239 e. The van der Waals surface area contributed by atoms with Crippen LogP contribution in [0.2, 0.25) is 0 Å². The molecule has 3 aromatic rings. The standard InChI is InChI=1S/C24H28O8/c1-5-6-7-8-11-31-24-20(27)19-17(13-18(28-2)22(29-3)23(19)30-4)32-21(24)14-9-10-15(25)16(26)12-14/h9-10,12-13,25-26H,5-8,11H2,1-4H3. The van der Waals surface area contributed by atoms with Gasteiger partial charge in [-0.3, -0.25) is 4.79 Å². The number of rotatable bonds is 10. The molecule has 0 fully saturated rings. The highest BCUT2D eigenvalue weighted by atomic mass is 16.5. The number of benzene rings is 2. The van der Waals surface area contributed by atoms with Gasteiger partial charge in [-0.25, -0.2) is 0 Å². The Bertz CT molecular complexity index is 1150. The fraction of sp³-hybridized carbons (Fsp3) is 0.375. The van der Waals surface area contributed by atoms with Gasteiger partial charge in [-0.1, -0.05) is 26.2 Å². The first-order valence-electron chi connectivity index (χ1n) is 10.4. The van der Waals surface area contributed by atoms with Crippen LogP contribution >= 0.6 is 0 Å². The maximum absolute atomic E-state index is 13.6. The zero-order valence-corrected chi connectivity index (χ0v) is 18.7. The van der Waals surface area contributed by atoms with Crippen molar-refractivity contribution in [2.24, 2.45) is 0 Å². The summed E-state index contributed by atoms with van der Waals surface area (Å²) < 4.78 is 28.2. The third-order valence-electron chi connectivity index (χ3n) is 5.13. The molecule has 0 radical (unpaired) electrons. The van der Waals surface area contributed by atoms with E-state index >= 15 is 0 Å². The lowest BCUT2D eigenvalue weighted by molar-refractivity contribution is 0.296. The van der Waals surface area contributed by atoms with Crippen LogP contribution in [-0.4, -0.2) is 38.1 Å². The van der Waals surface area contributed by atoms with Gasteiger partial charge in [-0.2, -0.15) is 0 Å². The number of hydrogen-bond donors (Lipinski definition) is 2. The van der Waals surface area contributed by atoms with Crippen molar-refractivity contribution in [1.29, 1.82) is 0 Å². The van der Waals surface area contributed by atoms with E-state index in [-0.39, 0.29) is 45.5 Å². The molecule has 0 bridgehead atoms. The summed E-state index contributed by atoms with van der Waals surface area (Å²) in [5.41, 5.74) is 0.129. The molecule has 2 aromatic carbocycles. The maximum atomic E-state index is 13.6. The molecule has 0 aliphatic heterocycles. The number of hydrogen-bond acceptors (Lipinski definition) is 8. The minimum Gasteiger partial charge on any atom is -0.504 e. The first-order valence-corrected chi connectivity index (χ1v) is 10.4. The molecule has 2 N–H and O–H groups in total. The molecule has 0 atom stereocenters. The highest BCUT2D eigenvalue weighted by Crippen LogP contribution is 2.45. The molecule has 32 heavy (non-hydrogen) atoms. The van der Waals surface area contributed by atoms with Gasteiger partial charge in [0.15, 0.2) is 28.8 Å². The monoisotopic (exact) mass is 444 g/mol. The van der Waals surface area contributed by atoms with Crippen LogP contribution in [0.1, 0.15) is 32.6 Å². The normalized spacial score (nSPS) is 10.9. The summed E-state index contributed by atoms with van der Waals surface area (Å²) in [5.74, 6) is 0.251. The van der Waals surface area contributed by atoms with Crippen LogP contribution in [0, 0.1) is 0 Å². The Morgan fingerprint density at radius 3 is 2.25 bits per heavy atom. The second-order valence-electron chi connectivity index (χ2n) is 7.22. The summed E-state index contributed by atoms with van der Waals surface area (Å²) >= 11 is 0. The first kappa shape index (κ1) is 23.1. The summed E-state index contributed by atoms with van der Waals surface area (Å²) in [7, 11) is 4.34. The largest absolute Gasteiger partial charge is 0.504 e. The van der Waals surface area contributed by atoms with Crippen molar-refractivity contribution < 1.29 is 33.6 Å². The molecular weight excluding hydrogens is 416 g/mol. The van der Waals surface area contributed by atoms with Crippen LogP contribution in [0.4, 0.5) is 0 Å². The number of unbranched alkanes of at least 4 members (excludes halogenated alkanes) is 3. The zero-order valence-electron chi connectivity index (χ0n) is 18.7. The van der Waals surface area contributed by atoms with Crippen molar-refractivity contribution >= 4 is 11.0 Å². The second kappa shape index (κ2) is 10.2. The van der Waals surface area contributed by atoms with Gasteiger partial charge in [0.1, 0.15) is 11.0 Å². The quantitative estimate of drug-likeness (QED) is 0.337. The fourth-order valence-corrected chi connectivity index (χ4v) is 3.49. The maximum Gasteiger partial charge on any atom is 0.239 e. The highest BCUT2D eigenvalue weighted by Gasteiger charge is 2.25. The van der Waals surface area contributed by atoms with Crippen LogP contribution in [-0.2, 0) is 0 Å². The zero-order chi connectivity index (χ0) is 23.3. The van der Waals surface area contributed by atoms with Gasteiger partial charge < -0.3 is 33.6 Å². The Labute approximate surface area is 185 Å². The average molecular weight is 444 g/mol. The molecule has 3 rings (SSSR count). The second-order valence-corrected chi connectivity index (χ2v) is 7.22. The van der Waals surface area contributed by atoms with E-state index in [9.17, 15) is 15.0 Å². The van der Waals surface area contributed by atoms with Crippen molar-refractivity contribution in [1.82, 2.24) is 0 Å². The Morgan fingerprint density at radius 2 is 1.62 bits per heavy atom. The number of phenols is 2. The van der Waals surface area contributed by atoms with Gasteiger partial charge in [0, 0.05) is 11.6 Å². The summed E-state index contributed by atoms with van der Waals surface area (Å²) in [4.78, 5) is 13.6. The average Bonchev–Trinajstić information content (AvgIpc) is 2.80. The molecule has 8 heteroatoms. The van der Waals surface area contributed by atoms with E-state index in [2.05, 4.69) is 6.92 Å². The number of methoxy groups -OCH3 is 3. The van der Waals surface area contributed by atoms with E-state index in [0.29, 0.717) is 17.9 Å². The Morgan fingerprint density at radius 1 is 0.875 bits per heavy atom. The molecule has 0 unspecified atom stereocenters. The van der Waals surface area contributed by atoms with Gasteiger partial charge in [0.2, 0.25) is 16.9 Å². The molecule has 1 heterocycles. The van der Waals surface area contributed by atoms with Crippen LogP contribution in [0.25, 0.3) is 22.3 Å². The van der Waals surface area contributed by atoms with Gasteiger partial charge in [0.25, 0.3) is 0 Å². The van der Waals surface area contributed by atoms with Crippen LogP contribution < -0.4 is 24.4 Å². The fourth-order valence-electron chi connectivity index (χ4n) is 3.49. The summed E-state index contributed by atoms with van der Waals surface area (Å²) in [5, 5.41) is 19.8. The van der Waals surface area contributed by atoms with E-state index in [0.717, 1.165) is 25.7 Å². The predicted molar refractivity (Wildman–Crippen MR) is 121 cm³/mol. The Balaban J connectivity index is 2.25. The Kier molecular flexibility index (Phi) is 7.35. The van der Waals surface area contributed by atoms with Crippen molar-refractivity contribution in [3.05, 3.63) is 34.5 Å². The van der Waals surface area contributed by atoms with Crippen LogP contribution in [0.3, 0.4) is 0 Å². The molecule has 172 valence electrons. The van der Waals surface area contributed by atoms with Crippen LogP contribution in [0.5, 0.6) is 34.5 Å². The third-order valence-corrected chi connectivity index (χ3v) is 5.13. The van der Waals surface area contributed by atoms with Crippen molar-refractivity contribution in [2.75, 3.05) is 27.9 Å². The van der Waals surface area contributed by atoms with E-state index in [1.165, 1.54) is 45.6 Å². The van der Waals surface area contributed by atoms with E-state index in [1.807, 2.05) is 0 Å². The molecule has 0 saturated carbocycles. The van der Waals surface area contributed by atoms with Crippen molar-refractivity contribution in [2.45, 2.75) is 32.6 Å². The predicted octanol–water partition coefficient (Wildman–Crippen LogP) is 4.86. The summed E-state index contributed by atoms with van der Waals surface area (Å²) in [6, 6.07) is 5.68. The van der Waals surface area contributed by atoms with Gasteiger partial charge >= 0.3 is 0 Å². The summed E-state index contributed by atoms with van der Waals surface area (Å²) in [6.07, 6.45) is 3.89. The molecule has 0 saturated heterocycles. The van der Waals surface area contributed by atoms with Crippen molar-refractivity contribution in [3.63, 3.8) is 0 Å². The van der Waals surface area contributed by atoms with Gasteiger partial charge in [-0.05, 0) is 24.6 Å². The molecular formula is C24H28O8.